The van der Waals surface area contributed by atoms with Crippen LogP contribution < -0.4 is 10.6 Å². The van der Waals surface area contributed by atoms with Crippen molar-refractivity contribution < 1.29 is 4.79 Å². The Balaban J connectivity index is 1.85. The van der Waals surface area contributed by atoms with Gasteiger partial charge >= 0.3 is 0 Å². The Morgan fingerprint density at radius 2 is 1.76 bits per heavy atom. The van der Waals surface area contributed by atoms with Crippen LogP contribution in [0.5, 0.6) is 0 Å². The van der Waals surface area contributed by atoms with E-state index in [0.29, 0.717) is 0 Å². The van der Waals surface area contributed by atoms with Gasteiger partial charge in [0.1, 0.15) is 0 Å². The number of anilines is 2. The summed E-state index contributed by atoms with van der Waals surface area (Å²) in [5, 5.41) is 6.63. The molecule has 0 bridgehead atoms. The maximum atomic E-state index is 12.2. The van der Waals surface area contributed by atoms with Crippen LogP contribution in [0, 0.1) is 0 Å². The topological polar surface area (TPSA) is 44.4 Å². The quantitative estimate of drug-likeness (QED) is 0.774. The number of benzene rings is 1. The van der Waals surface area contributed by atoms with Gasteiger partial charge < -0.3 is 15.5 Å². The highest BCUT2D eigenvalue weighted by atomic mass is 16.2. The van der Waals surface area contributed by atoms with Crippen LogP contribution in [0.1, 0.15) is 23.2 Å². The fourth-order valence-corrected chi connectivity index (χ4v) is 2.47. The lowest BCUT2D eigenvalue weighted by atomic mass is 10.1. The molecule has 0 atom stereocenters. The zero-order valence-corrected chi connectivity index (χ0v) is 9.83. The molecule has 90 valence electrons. The molecule has 1 amide bonds. The summed E-state index contributed by atoms with van der Waals surface area (Å²) >= 11 is 0. The smallest absolute Gasteiger partial charge is 0.253 e. The number of nitrogens with one attached hydrogen (secondary N) is 2. The van der Waals surface area contributed by atoms with E-state index in [4.69, 9.17) is 0 Å². The van der Waals surface area contributed by atoms with Crippen LogP contribution in [0.15, 0.2) is 18.2 Å². The maximum absolute atomic E-state index is 12.2. The molecule has 0 saturated carbocycles. The summed E-state index contributed by atoms with van der Waals surface area (Å²) in [6.45, 7) is 3.66. The van der Waals surface area contributed by atoms with Gasteiger partial charge in [0.25, 0.3) is 5.91 Å². The second-order valence-electron chi connectivity index (χ2n) is 4.61. The number of rotatable bonds is 1. The van der Waals surface area contributed by atoms with E-state index < -0.39 is 0 Å². The van der Waals surface area contributed by atoms with Gasteiger partial charge in [0.15, 0.2) is 0 Å². The lowest BCUT2D eigenvalue weighted by Crippen LogP contribution is -2.28. The second-order valence-corrected chi connectivity index (χ2v) is 4.61. The zero-order chi connectivity index (χ0) is 11.7. The van der Waals surface area contributed by atoms with Crippen molar-refractivity contribution in [2.45, 2.75) is 12.8 Å². The Labute approximate surface area is 101 Å². The first-order chi connectivity index (χ1) is 8.34. The molecule has 0 spiro atoms. The fourth-order valence-electron chi connectivity index (χ4n) is 2.47. The van der Waals surface area contributed by atoms with Gasteiger partial charge in [-0.2, -0.15) is 0 Å². The molecule has 17 heavy (non-hydrogen) atoms. The molecule has 3 rings (SSSR count). The van der Waals surface area contributed by atoms with Crippen molar-refractivity contribution in [2.24, 2.45) is 0 Å². The van der Waals surface area contributed by atoms with Crippen LogP contribution in [0.4, 0.5) is 11.4 Å². The molecule has 1 aromatic rings. The van der Waals surface area contributed by atoms with Crippen LogP contribution in [0.2, 0.25) is 0 Å². The van der Waals surface area contributed by atoms with Crippen LogP contribution in [-0.4, -0.2) is 37.0 Å². The molecule has 4 nitrogen and oxygen atoms in total. The summed E-state index contributed by atoms with van der Waals surface area (Å²) in [6, 6.07) is 5.87. The summed E-state index contributed by atoms with van der Waals surface area (Å²) in [7, 11) is 0. The lowest BCUT2D eigenvalue weighted by molar-refractivity contribution is 0.0793. The fraction of sp³-hybridized carbons (Fsp3) is 0.462. The number of amides is 1. The Hall–Kier alpha value is -1.71. The predicted molar refractivity (Wildman–Crippen MR) is 68.6 cm³/mol. The van der Waals surface area contributed by atoms with Crippen molar-refractivity contribution in [3.05, 3.63) is 23.8 Å². The zero-order valence-electron chi connectivity index (χ0n) is 9.83. The molecule has 2 heterocycles. The third-order valence-corrected chi connectivity index (χ3v) is 3.42. The van der Waals surface area contributed by atoms with Crippen LogP contribution >= 0.6 is 0 Å². The first-order valence-electron chi connectivity index (χ1n) is 6.26. The molecular weight excluding hydrogens is 214 g/mol. The van der Waals surface area contributed by atoms with Crippen molar-refractivity contribution in [1.29, 1.82) is 0 Å². The maximum Gasteiger partial charge on any atom is 0.253 e. The van der Waals surface area contributed by atoms with Gasteiger partial charge in [0, 0.05) is 31.7 Å². The minimum atomic E-state index is 0.165. The summed E-state index contributed by atoms with van der Waals surface area (Å²) in [6.07, 6.45) is 2.27. The SMILES string of the molecule is O=C(c1ccc2c(c1)NCCN2)N1CCCC1. The summed E-state index contributed by atoms with van der Waals surface area (Å²) in [5.74, 6) is 0.165. The molecule has 1 aromatic carbocycles. The molecule has 4 heteroatoms. The Morgan fingerprint density at radius 1 is 1.06 bits per heavy atom. The van der Waals surface area contributed by atoms with Gasteiger partial charge in [0.2, 0.25) is 0 Å². The normalized spacial score (nSPS) is 18.2. The van der Waals surface area contributed by atoms with Gasteiger partial charge in [0.05, 0.1) is 11.4 Å². The molecule has 0 aromatic heterocycles. The van der Waals surface area contributed by atoms with E-state index in [2.05, 4.69) is 10.6 Å². The molecule has 2 N–H and O–H groups in total. The summed E-state index contributed by atoms with van der Waals surface area (Å²) in [5.41, 5.74) is 2.93. The Kier molecular flexibility index (Phi) is 2.63. The second kappa shape index (κ2) is 4.28. The monoisotopic (exact) mass is 231 g/mol. The van der Waals surface area contributed by atoms with Crippen molar-refractivity contribution >= 4 is 17.3 Å². The highest BCUT2D eigenvalue weighted by molar-refractivity contribution is 5.96. The number of carbonyl (C=O) groups is 1. The number of hydrogen-bond acceptors (Lipinski definition) is 3. The molecule has 2 aliphatic heterocycles. The number of nitrogens with zero attached hydrogens (tertiary/aromatic N) is 1. The third kappa shape index (κ3) is 1.95. The highest BCUT2D eigenvalue weighted by Gasteiger charge is 2.20. The van der Waals surface area contributed by atoms with E-state index in [1.54, 1.807) is 0 Å². The van der Waals surface area contributed by atoms with E-state index in [1.807, 2.05) is 23.1 Å². The van der Waals surface area contributed by atoms with Gasteiger partial charge in [-0.3, -0.25) is 4.79 Å². The van der Waals surface area contributed by atoms with E-state index in [-0.39, 0.29) is 5.91 Å². The first-order valence-corrected chi connectivity index (χ1v) is 6.26. The van der Waals surface area contributed by atoms with Crippen molar-refractivity contribution in [1.82, 2.24) is 4.90 Å². The standard InChI is InChI=1S/C13H17N3O/c17-13(16-7-1-2-8-16)10-3-4-11-12(9-10)15-6-5-14-11/h3-4,9,14-15H,1-2,5-8H2. The summed E-state index contributed by atoms with van der Waals surface area (Å²) in [4.78, 5) is 14.2. The van der Waals surface area contributed by atoms with Gasteiger partial charge in [-0.05, 0) is 31.0 Å². The van der Waals surface area contributed by atoms with Gasteiger partial charge in [-0.1, -0.05) is 0 Å². The van der Waals surface area contributed by atoms with Crippen LogP contribution in [-0.2, 0) is 0 Å². The van der Waals surface area contributed by atoms with Crippen molar-refractivity contribution in [3.8, 4) is 0 Å². The van der Waals surface area contributed by atoms with E-state index >= 15 is 0 Å². The Morgan fingerprint density at radius 3 is 2.53 bits per heavy atom. The van der Waals surface area contributed by atoms with Crippen LogP contribution in [0.25, 0.3) is 0 Å². The number of hydrogen-bond donors (Lipinski definition) is 2. The summed E-state index contributed by atoms with van der Waals surface area (Å²) < 4.78 is 0. The average Bonchev–Trinajstić information content (AvgIpc) is 2.91. The number of fused-ring (bicyclic) bond motifs is 1. The molecule has 1 saturated heterocycles. The first kappa shape index (κ1) is 10.4. The lowest BCUT2D eigenvalue weighted by Gasteiger charge is -2.21. The van der Waals surface area contributed by atoms with E-state index in [9.17, 15) is 4.79 Å². The van der Waals surface area contributed by atoms with Crippen molar-refractivity contribution in [2.75, 3.05) is 36.8 Å². The minimum Gasteiger partial charge on any atom is -0.382 e. The highest BCUT2D eigenvalue weighted by Crippen LogP contribution is 2.26. The molecule has 0 radical (unpaired) electrons. The van der Waals surface area contributed by atoms with Crippen molar-refractivity contribution in [3.63, 3.8) is 0 Å². The minimum absolute atomic E-state index is 0.165. The third-order valence-electron chi connectivity index (χ3n) is 3.42. The predicted octanol–water partition coefficient (Wildman–Crippen LogP) is 1.76. The molecule has 0 unspecified atom stereocenters. The van der Waals surface area contributed by atoms with Gasteiger partial charge in [-0.15, -0.1) is 0 Å². The number of likely N-dealkylation sites (tertiary alicyclic amines) is 1. The molecular formula is C13H17N3O. The van der Waals surface area contributed by atoms with E-state index in [1.165, 1.54) is 0 Å². The van der Waals surface area contributed by atoms with Crippen LogP contribution in [0.3, 0.4) is 0 Å². The van der Waals surface area contributed by atoms with Gasteiger partial charge in [-0.25, -0.2) is 0 Å². The number of carbonyl (C=O) groups excluding carboxylic acids is 1. The molecule has 0 aliphatic carbocycles. The average molecular weight is 231 g/mol. The molecule has 2 aliphatic rings. The molecule has 1 fully saturated rings. The largest absolute Gasteiger partial charge is 0.382 e. The Bertz CT molecular complexity index is 438. The van der Waals surface area contributed by atoms with E-state index in [0.717, 1.165) is 56.0 Å².